The first-order valence-corrected chi connectivity index (χ1v) is 14.8. The van der Waals surface area contributed by atoms with E-state index in [-0.39, 0.29) is 23.2 Å². The van der Waals surface area contributed by atoms with Gasteiger partial charge in [0.05, 0.1) is 34.7 Å². The summed E-state index contributed by atoms with van der Waals surface area (Å²) < 4.78 is 73.8. The molecule has 0 aliphatic heterocycles. The number of alkyl halides is 2. The standard InChI is InChI=1S/C35H32F5N5O2/c1-19-10-28-30(11-20(19)2)45(18-43-28)31(17-35(3,39)40)34(47)44-29(14-21-12-23(36)16-24(37)13-21)32-25(6-5-9-42-32)22-7-8-27(38)26(15-22)33(46)41-4/h5-13,15-16,18,29,31H,14,17H2,1-4H3,(H,41,46)(H,44,47)/t29-,31+/m0/s1. The summed E-state index contributed by atoms with van der Waals surface area (Å²) in [6.45, 7) is 4.46. The Hall–Kier alpha value is -5.13. The van der Waals surface area contributed by atoms with Gasteiger partial charge in [0.15, 0.2) is 0 Å². The largest absolute Gasteiger partial charge is 0.355 e. The number of aromatic nitrogens is 3. The molecule has 2 amide bonds. The smallest absolute Gasteiger partial charge is 0.254 e. The quantitative estimate of drug-likeness (QED) is 0.157. The SMILES string of the molecule is CNC(=O)c1cc(-c2cccnc2[C@H](Cc2cc(F)cc(F)c2)NC(=O)[C@@H](CC(C)(F)F)n2cnc3cc(C)c(C)cc32)ccc1F. The third-order valence-electron chi connectivity index (χ3n) is 7.98. The Kier molecular flexibility index (Phi) is 9.41. The second-order valence-electron chi connectivity index (χ2n) is 11.6. The lowest BCUT2D eigenvalue weighted by molar-refractivity contribution is -0.128. The Labute approximate surface area is 267 Å². The molecule has 0 saturated heterocycles. The summed E-state index contributed by atoms with van der Waals surface area (Å²) in [5, 5.41) is 5.19. The number of fused-ring (bicyclic) bond motifs is 1. The number of nitrogens with zero attached hydrogens (tertiary/aromatic N) is 3. The van der Waals surface area contributed by atoms with E-state index in [1.165, 1.54) is 36.3 Å². The lowest BCUT2D eigenvalue weighted by Crippen LogP contribution is -2.38. The van der Waals surface area contributed by atoms with E-state index >= 15 is 0 Å². The van der Waals surface area contributed by atoms with E-state index < -0.39 is 53.7 Å². The van der Waals surface area contributed by atoms with Gasteiger partial charge in [-0.15, -0.1) is 0 Å². The van der Waals surface area contributed by atoms with Crippen molar-refractivity contribution in [2.45, 2.75) is 51.6 Å². The fraction of sp³-hybridized carbons (Fsp3) is 0.257. The molecule has 0 unspecified atom stereocenters. The average Bonchev–Trinajstić information content (AvgIpc) is 3.40. The number of imidazole rings is 1. The normalized spacial score (nSPS) is 13.0. The van der Waals surface area contributed by atoms with Gasteiger partial charge < -0.3 is 15.2 Å². The van der Waals surface area contributed by atoms with Crippen LogP contribution in [0.3, 0.4) is 0 Å². The van der Waals surface area contributed by atoms with Crippen molar-refractivity contribution in [1.29, 1.82) is 0 Å². The number of hydrogen-bond acceptors (Lipinski definition) is 4. The molecule has 2 N–H and O–H groups in total. The van der Waals surface area contributed by atoms with E-state index in [1.54, 1.807) is 24.3 Å². The lowest BCUT2D eigenvalue weighted by atomic mass is 9.94. The number of rotatable bonds is 10. The Morgan fingerprint density at radius 2 is 1.64 bits per heavy atom. The van der Waals surface area contributed by atoms with Gasteiger partial charge in [0.25, 0.3) is 5.91 Å². The van der Waals surface area contributed by atoms with E-state index in [4.69, 9.17) is 0 Å². The molecule has 12 heteroatoms. The molecule has 3 aromatic carbocycles. The first-order valence-electron chi connectivity index (χ1n) is 14.8. The summed E-state index contributed by atoms with van der Waals surface area (Å²) in [4.78, 5) is 35.3. The van der Waals surface area contributed by atoms with Crippen molar-refractivity contribution in [2.75, 3.05) is 7.05 Å². The predicted octanol–water partition coefficient (Wildman–Crippen LogP) is 7.18. The zero-order chi connectivity index (χ0) is 34.0. The van der Waals surface area contributed by atoms with Crippen LogP contribution in [0.1, 0.15) is 58.2 Å². The third-order valence-corrected chi connectivity index (χ3v) is 7.98. The summed E-state index contributed by atoms with van der Waals surface area (Å²) in [5.74, 6) is -7.21. The highest BCUT2D eigenvalue weighted by atomic mass is 19.3. The molecule has 0 bridgehead atoms. The maximum atomic E-state index is 14.6. The second kappa shape index (κ2) is 13.3. The number of amides is 2. The summed E-state index contributed by atoms with van der Waals surface area (Å²) in [6.07, 6.45) is 1.70. The Bertz CT molecular complexity index is 1950. The summed E-state index contributed by atoms with van der Waals surface area (Å²) in [5.41, 5.74) is 3.67. The van der Waals surface area contributed by atoms with Crippen LogP contribution in [0, 0.1) is 31.3 Å². The molecule has 0 fully saturated rings. The highest BCUT2D eigenvalue weighted by Crippen LogP contribution is 2.33. The fourth-order valence-corrected chi connectivity index (χ4v) is 5.58. The number of hydrogen-bond donors (Lipinski definition) is 2. The van der Waals surface area contributed by atoms with Gasteiger partial charge in [0, 0.05) is 31.3 Å². The van der Waals surface area contributed by atoms with Gasteiger partial charge in [-0.3, -0.25) is 14.6 Å². The van der Waals surface area contributed by atoms with Gasteiger partial charge in [-0.25, -0.2) is 26.9 Å². The monoisotopic (exact) mass is 649 g/mol. The van der Waals surface area contributed by atoms with Crippen molar-refractivity contribution in [3.8, 4) is 11.1 Å². The Morgan fingerprint density at radius 3 is 2.32 bits per heavy atom. The molecule has 5 rings (SSSR count). The van der Waals surface area contributed by atoms with Gasteiger partial charge in [0.1, 0.15) is 23.5 Å². The highest BCUT2D eigenvalue weighted by molar-refractivity contribution is 5.95. The summed E-state index contributed by atoms with van der Waals surface area (Å²) in [6, 6.07) is 11.0. The van der Waals surface area contributed by atoms with Crippen LogP contribution in [0.25, 0.3) is 22.2 Å². The maximum absolute atomic E-state index is 14.6. The Balaban J connectivity index is 1.62. The molecule has 2 heterocycles. The van der Waals surface area contributed by atoms with Gasteiger partial charge >= 0.3 is 0 Å². The minimum absolute atomic E-state index is 0.158. The van der Waals surface area contributed by atoms with E-state index in [1.807, 2.05) is 13.8 Å². The number of benzene rings is 3. The number of carbonyl (C=O) groups is 2. The highest BCUT2D eigenvalue weighted by Gasteiger charge is 2.35. The zero-order valence-corrected chi connectivity index (χ0v) is 26.0. The first-order chi connectivity index (χ1) is 22.2. The number of aryl methyl sites for hydroxylation is 2. The summed E-state index contributed by atoms with van der Waals surface area (Å²) in [7, 11) is 1.36. The number of pyridine rings is 1. The average molecular weight is 650 g/mol. The van der Waals surface area contributed by atoms with Crippen molar-refractivity contribution < 1.29 is 31.5 Å². The first kappa shape index (κ1) is 33.2. The van der Waals surface area contributed by atoms with Crippen molar-refractivity contribution in [3.05, 3.63) is 119 Å². The molecule has 2 atom stereocenters. The van der Waals surface area contributed by atoms with Gasteiger partial charge in [-0.1, -0.05) is 12.1 Å². The van der Waals surface area contributed by atoms with Gasteiger partial charge in [0.2, 0.25) is 11.8 Å². The summed E-state index contributed by atoms with van der Waals surface area (Å²) >= 11 is 0. The molecule has 7 nitrogen and oxygen atoms in total. The van der Waals surface area contributed by atoms with Crippen molar-refractivity contribution >= 4 is 22.8 Å². The molecular weight excluding hydrogens is 617 g/mol. The topological polar surface area (TPSA) is 88.9 Å². The van der Waals surface area contributed by atoms with Gasteiger partial charge in [-0.05, 0) is 91.9 Å². The number of carbonyl (C=O) groups excluding carboxylic acids is 2. The van der Waals surface area contributed by atoms with Crippen LogP contribution in [-0.2, 0) is 11.2 Å². The molecule has 0 saturated carbocycles. The van der Waals surface area contributed by atoms with Crippen molar-refractivity contribution in [2.24, 2.45) is 0 Å². The second-order valence-corrected chi connectivity index (χ2v) is 11.6. The lowest BCUT2D eigenvalue weighted by Gasteiger charge is -2.27. The van der Waals surface area contributed by atoms with Crippen LogP contribution in [0.2, 0.25) is 0 Å². The van der Waals surface area contributed by atoms with E-state index in [0.29, 0.717) is 35.2 Å². The van der Waals surface area contributed by atoms with Crippen LogP contribution in [0.4, 0.5) is 22.0 Å². The fourth-order valence-electron chi connectivity index (χ4n) is 5.58. The molecule has 0 spiro atoms. The minimum atomic E-state index is -3.26. The van der Waals surface area contributed by atoms with Gasteiger partial charge in [-0.2, -0.15) is 0 Å². The number of nitrogens with one attached hydrogen (secondary N) is 2. The molecule has 244 valence electrons. The van der Waals surface area contributed by atoms with Crippen molar-refractivity contribution in [3.63, 3.8) is 0 Å². The van der Waals surface area contributed by atoms with Crippen LogP contribution in [0.5, 0.6) is 0 Å². The van der Waals surface area contributed by atoms with E-state index in [9.17, 15) is 31.5 Å². The Morgan fingerprint density at radius 1 is 0.936 bits per heavy atom. The molecule has 0 radical (unpaired) electrons. The van der Waals surface area contributed by atoms with Crippen LogP contribution < -0.4 is 10.6 Å². The maximum Gasteiger partial charge on any atom is 0.254 e. The van der Waals surface area contributed by atoms with Crippen LogP contribution in [0.15, 0.2) is 73.2 Å². The third kappa shape index (κ3) is 7.48. The minimum Gasteiger partial charge on any atom is -0.355 e. The van der Waals surface area contributed by atoms with Crippen LogP contribution >= 0.6 is 0 Å². The molecule has 2 aromatic heterocycles. The van der Waals surface area contributed by atoms with E-state index in [2.05, 4.69) is 20.6 Å². The van der Waals surface area contributed by atoms with Crippen molar-refractivity contribution in [1.82, 2.24) is 25.2 Å². The molecular formula is C35H32F5N5O2. The molecule has 5 aromatic rings. The zero-order valence-electron chi connectivity index (χ0n) is 26.0. The molecule has 47 heavy (non-hydrogen) atoms. The predicted molar refractivity (Wildman–Crippen MR) is 167 cm³/mol. The molecule has 0 aliphatic rings. The number of halogens is 5. The van der Waals surface area contributed by atoms with Crippen LogP contribution in [-0.4, -0.2) is 39.3 Å². The molecule has 0 aliphatic carbocycles. The van der Waals surface area contributed by atoms with E-state index in [0.717, 1.165) is 29.3 Å².